The van der Waals surface area contributed by atoms with Crippen molar-refractivity contribution in [2.75, 3.05) is 5.32 Å². The number of rotatable bonds is 2. The number of benzene rings is 1. The van der Waals surface area contributed by atoms with Crippen LogP contribution in [0.4, 0.5) is 5.69 Å². The molecule has 116 valence electrons. The highest BCUT2D eigenvalue weighted by Gasteiger charge is 2.20. The number of hydrogen-bond acceptors (Lipinski definition) is 4. The Bertz CT molecular complexity index is 970. The summed E-state index contributed by atoms with van der Waals surface area (Å²) in [4.78, 5) is 30.5. The molecule has 1 amide bonds. The number of aromatic nitrogens is 2. The van der Waals surface area contributed by atoms with E-state index in [1.165, 1.54) is 15.7 Å². The molecular formula is C17H15N3O2S. The fourth-order valence-corrected chi connectivity index (χ4v) is 3.73. The molecule has 1 aliphatic rings. The number of nitrogens with one attached hydrogen (secondary N) is 1. The first-order chi connectivity index (χ1) is 11.1. The molecule has 0 saturated heterocycles. The van der Waals surface area contributed by atoms with Crippen molar-refractivity contribution in [3.63, 3.8) is 0 Å². The van der Waals surface area contributed by atoms with Gasteiger partial charge in [0.2, 0.25) is 0 Å². The summed E-state index contributed by atoms with van der Waals surface area (Å²) in [5.41, 5.74) is 3.53. The average Bonchev–Trinajstić information content (AvgIpc) is 3.16. The van der Waals surface area contributed by atoms with Gasteiger partial charge in [0.25, 0.3) is 11.5 Å². The maximum Gasteiger partial charge on any atom is 0.267 e. The molecule has 5 nitrogen and oxygen atoms in total. The lowest BCUT2D eigenvalue weighted by atomic mass is 10.2. The maximum atomic E-state index is 12.4. The van der Waals surface area contributed by atoms with Crippen LogP contribution in [0.1, 0.15) is 32.9 Å². The van der Waals surface area contributed by atoms with Gasteiger partial charge in [-0.05, 0) is 38.3 Å². The van der Waals surface area contributed by atoms with Gasteiger partial charge < -0.3 is 5.32 Å². The molecule has 0 bridgehead atoms. The van der Waals surface area contributed by atoms with Crippen LogP contribution in [-0.4, -0.2) is 15.3 Å². The second kappa shape index (κ2) is 5.31. The fourth-order valence-electron chi connectivity index (χ4n) is 2.85. The highest BCUT2D eigenvalue weighted by atomic mass is 32.1. The zero-order valence-corrected chi connectivity index (χ0v) is 13.4. The first kappa shape index (κ1) is 14.1. The molecule has 1 aliphatic carbocycles. The van der Waals surface area contributed by atoms with Gasteiger partial charge in [-0.25, -0.2) is 4.98 Å². The Kier molecular flexibility index (Phi) is 3.27. The molecule has 0 aliphatic heterocycles. The molecule has 2 heterocycles. The summed E-state index contributed by atoms with van der Waals surface area (Å²) < 4.78 is 1.50. The van der Waals surface area contributed by atoms with Crippen LogP contribution in [0, 0.1) is 6.92 Å². The number of nitrogens with zero attached hydrogens (tertiary/aromatic N) is 2. The van der Waals surface area contributed by atoms with Crippen LogP contribution >= 0.6 is 11.3 Å². The molecular weight excluding hydrogens is 310 g/mol. The predicted octanol–water partition coefficient (Wildman–Crippen LogP) is 2.81. The van der Waals surface area contributed by atoms with Crippen molar-refractivity contribution < 1.29 is 4.79 Å². The lowest BCUT2D eigenvalue weighted by Gasteiger charge is -2.03. The molecule has 23 heavy (non-hydrogen) atoms. The van der Waals surface area contributed by atoms with Gasteiger partial charge in [-0.2, -0.15) is 0 Å². The summed E-state index contributed by atoms with van der Waals surface area (Å²) in [5.74, 6) is -0.219. The number of amides is 1. The van der Waals surface area contributed by atoms with Gasteiger partial charge in [0.1, 0.15) is 4.88 Å². The van der Waals surface area contributed by atoms with E-state index < -0.39 is 0 Å². The lowest BCUT2D eigenvalue weighted by molar-refractivity contribution is 0.103. The van der Waals surface area contributed by atoms with Crippen molar-refractivity contribution in [2.45, 2.75) is 26.2 Å². The molecule has 0 fully saturated rings. The third kappa shape index (κ3) is 2.45. The minimum absolute atomic E-state index is 0.0341. The largest absolute Gasteiger partial charge is 0.321 e. The quantitative estimate of drug-likeness (QED) is 0.788. The zero-order chi connectivity index (χ0) is 16.0. The monoisotopic (exact) mass is 325 g/mol. The van der Waals surface area contributed by atoms with Crippen LogP contribution in [-0.2, 0) is 12.8 Å². The summed E-state index contributed by atoms with van der Waals surface area (Å²) in [6.45, 7) is 1.99. The minimum Gasteiger partial charge on any atom is -0.321 e. The van der Waals surface area contributed by atoms with E-state index in [4.69, 9.17) is 0 Å². The van der Waals surface area contributed by atoms with E-state index >= 15 is 0 Å². The van der Waals surface area contributed by atoms with Gasteiger partial charge in [-0.1, -0.05) is 29.0 Å². The molecule has 1 aromatic carbocycles. The van der Waals surface area contributed by atoms with E-state index in [-0.39, 0.29) is 11.5 Å². The molecule has 0 unspecified atom stereocenters. The Morgan fingerprint density at radius 1 is 1.26 bits per heavy atom. The van der Waals surface area contributed by atoms with Gasteiger partial charge in [-0.15, -0.1) is 0 Å². The number of aryl methyl sites for hydroxylation is 2. The first-order valence-corrected chi connectivity index (χ1v) is 8.35. The van der Waals surface area contributed by atoms with Crippen molar-refractivity contribution in [1.29, 1.82) is 0 Å². The maximum absolute atomic E-state index is 12.4. The zero-order valence-electron chi connectivity index (χ0n) is 12.6. The Balaban J connectivity index is 1.69. The van der Waals surface area contributed by atoms with Crippen molar-refractivity contribution in [3.8, 4) is 0 Å². The predicted molar refractivity (Wildman–Crippen MR) is 90.5 cm³/mol. The topological polar surface area (TPSA) is 63.5 Å². The van der Waals surface area contributed by atoms with E-state index in [0.29, 0.717) is 9.84 Å². The van der Waals surface area contributed by atoms with Gasteiger partial charge in [0.05, 0.1) is 5.69 Å². The Morgan fingerprint density at radius 2 is 2.04 bits per heavy atom. The molecule has 1 N–H and O–H groups in total. The molecule has 0 atom stereocenters. The second-order valence-electron chi connectivity index (χ2n) is 5.76. The molecule has 6 heteroatoms. The summed E-state index contributed by atoms with van der Waals surface area (Å²) in [7, 11) is 0. The van der Waals surface area contributed by atoms with Crippen LogP contribution in [0.15, 0.2) is 35.3 Å². The first-order valence-electron chi connectivity index (χ1n) is 7.54. The second-order valence-corrected chi connectivity index (χ2v) is 6.77. The molecule has 2 aromatic heterocycles. The summed E-state index contributed by atoms with van der Waals surface area (Å²) in [6, 6.07) is 7.60. The van der Waals surface area contributed by atoms with Gasteiger partial charge in [0.15, 0.2) is 4.96 Å². The third-order valence-corrected chi connectivity index (χ3v) is 5.06. The van der Waals surface area contributed by atoms with Crippen LogP contribution in [0.3, 0.4) is 0 Å². The van der Waals surface area contributed by atoms with Gasteiger partial charge >= 0.3 is 0 Å². The standard InChI is InChI=1S/C17H15N3O2S/c1-10-5-7-11(8-6-10)18-15(21)14-9-20-16(22)12-3-2-4-13(12)19-17(20)23-14/h5-9H,2-4H2,1H3,(H,18,21). The lowest BCUT2D eigenvalue weighted by Crippen LogP contribution is -2.18. The highest BCUT2D eigenvalue weighted by molar-refractivity contribution is 7.18. The van der Waals surface area contributed by atoms with Gasteiger partial charge in [-0.3, -0.25) is 14.0 Å². The number of thiazole rings is 1. The van der Waals surface area contributed by atoms with Crippen LogP contribution in [0.25, 0.3) is 4.96 Å². The molecule has 0 spiro atoms. The molecule has 0 saturated carbocycles. The number of hydrogen-bond donors (Lipinski definition) is 1. The number of carbonyl (C=O) groups is 1. The van der Waals surface area contributed by atoms with E-state index in [9.17, 15) is 9.59 Å². The van der Waals surface area contributed by atoms with Crippen LogP contribution in [0.2, 0.25) is 0 Å². The summed E-state index contributed by atoms with van der Waals surface area (Å²) in [5, 5.41) is 2.85. The Hall–Kier alpha value is -2.47. The molecule has 3 aromatic rings. The smallest absolute Gasteiger partial charge is 0.267 e. The Morgan fingerprint density at radius 3 is 2.83 bits per heavy atom. The van der Waals surface area contributed by atoms with E-state index in [1.54, 1.807) is 6.20 Å². The van der Waals surface area contributed by atoms with Crippen LogP contribution < -0.4 is 10.9 Å². The number of carbonyl (C=O) groups excluding carboxylic acids is 1. The minimum atomic E-state index is -0.219. The van der Waals surface area contributed by atoms with E-state index in [1.807, 2.05) is 31.2 Å². The Labute approximate surface area is 136 Å². The number of anilines is 1. The van der Waals surface area contributed by atoms with Gasteiger partial charge in [0, 0.05) is 17.4 Å². The fraction of sp³-hybridized carbons (Fsp3) is 0.235. The molecule has 4 rings (SSSR count). The van der Waals surface area contributed by atoms with Crippen molar-refractivity contribution in [2.24, 2.45) is 0 Å². The SMILES string of the molecule is Cc1ccc(NC(=O)c2cn3c(=O)c4c(nc3s2)CCC4)cc1. The highest BCUT2D eigenvalue weighted by Crippen LogP contribution is 2.22. The third-order valence-electron chi connectivity index (χ3n) is 4.08. The summed E-state index contributed by atoms with van der Waals surface area (Å²) >= 11 is 1.25. The normalized spacial score (nSPS) is 13.3. The van der Waals surface area contributed by atoms with E-state index in [2.05, 4.69) is 10.3 Å². The van der Waals surface area contributed by atoms with Crippen LogP contribution in [0.5, 0.6) is 0 Å². The van der Waals surface area contributed by atoms with Crippen molar-refractivity contribution in [1.82, 2.24) is 9.38 Å². The summed E-state index contributed by atoms with van der Waals surface area (Å²) in [6.07, 6.45) is 4.21. The van der Waals surface area contributed by atoms with Crippen molar-refractivity contribution >= 4 is 27.9 Å². The number of fused-ring (bicyclic) bond motifs is 2. The van der Waals surface area contributed by atoms with E-state index in [0.717, 1.165) is 41.8 Å². The average molecular weight is 325 g/mol. The van der Waals surface area contributed by atoms with Crippen molar-refractivity contribution in [3.05, 3.63) is 62.5 Å². The molecule has 0 radical (unpaired) electrons.